The highest BCUT2D eigenvalue weighted by Gasteiger charge is 2.14. The second-order valence-electron chi connectivity index (χ2n) is 2.95. The van der Waals surface area contributed by atoms with Gasteiger partial charge in [-0.15, -0.1) is 11.8 Å². The summed E-state index contributed by atoms with van der Waals surface area (Å²) in [6.45, 7) is 0. The monoisotopic (exact) mass is 241 g/mol. The van der Waals surface area contributed by atoms with Crippen molar-refractivity contribution in [3.8, 4) is 17.2 Å². The first kappa shape index (κ1) is 12.7. The summed E-state index contributed by atoms with van der Waals surface area (Å²) < 4.78 is 15.6. The van der Waals surface area contributed by atoms with Crippen molar-refractivity contribution in [1.82, 2.24) is 0 Å². The minimum Gasteiger partial charge on any atom is -0.493 e. The molecule has 0 atom stereocenters. The van der Waals surface area contributed by atoms with E-state index in [0.717, 1.165) is 5.56 Å². The summed E-state index contributed by atoms with van der Waals surface area (Å²) in [5, 5.41) is 8.22. The Hall–Kier alpha value is -1.36. The first-order valence-corrected chi connectivity index (χ1v) is 5.83. The largest absolute Gasteiger partial charge is 0.493 e. The van der Waals surface area contributed by atoms with Crippen molar-refractivity contribution >= 4 is 16.8 Å². The minimum atomic E-state index is 0.458. The summed E-state index contributed by atoms with van der Waals surface area (Å²) in [6.07, 6.45) is 1.85. The van der Waals surface area contributed by atoms with Gasteiger partial charge in [-0.3, -0.25) is 5.41 Å². The standard InChI is InChI=1S/C11H15NO3S/c1-13-8-5-7(11(12)16-4)6-9(14-2)10(8)15-3/h5-6,12H,1-4H3. The van der Waals surface area contributed by atoms with Gasteiger partial charge in [0.1, 0.15) is 0 Å². The van der Waals surface area contributed by atoms with Crippen LogP contribution >= 0.6 is 11.8 Å². The molecule has 0 aliphatic heterocycles. The third-order valence-electron chi connectivity index (χ3n) is 2.13. The molecule has 0 spiro atoms. The van der Waals surface area contributed by atoms with Crippen molar-refractivity contribution in [3.05, 3.63) is 17.7 Å². The number of nitrogens with one attached hydrogen (secondary N) is 1. The average molecular weight is 241 g/mol. The van der Waals surface area contributed by atoms with Gasteiger partial charge in [-0.25, -0.2) is 0 Å². The summed E-state index contributed by atoms with van der Waals surface area (Å²) in [7, 11) is 4.67. The third-order valence-corrected chi connectivity index (χ3v) is 2.77. The maximum atomic E-state index is 7.76. The predicted octanol–water partition coefficient (Wildman–Crippen LogP) is 2.40. The Morgan fingerprint density at radius 2 is 1.56 bits per heavy atom. The molecule has 88 valence electrons. The lowest BCUT2D eigenvalue weighted by Gasteiger charge is -2.13. The zero-order valence-corrected chi connectivity index (χ0v) is 10.6. The van der Waals surface area contributed by atoms with Crippen molar-refractivity contribution in [3.63, 3.8) is 0 Å². The van der Waals surface area contributed by atoms with Gasteiger partial charge in [0.05, 0.1) is 26.4 Å². The lowest BCUT2D eigenvalue weighted by atomic mass is 10.2. The topological polar surface area (TPSA) is 51.5 Å². The highest BCUT2D eigenvalue weighted by Crippen LogP contribution is 2.38. The molecule has 0 radical (unpaired) electrons. The number of thioether (sulfide) groups is 1. The van der Waals surface area contributed by atoms with Crippen molar-refractivity contribution in [2.24, 2.45) is 0 Å². The third kappa shape index (κ3) is 2.41. The first-order valence-electron chi connectivity index (χ1n) is 4.60. The van der Waals surface area contributed by atoms with Crippen molar-refractivity contribution in [1.29, 1.82) is 5.41 Å². The molecule has 1 aromatic carbocycles. The van der Waals surface area contributed by atoms with Gasteiger partial charge in [0, 0.05) is 5.56 Å². The van der Waals surface area contributed by atoms with Crippen LogP contribution in [0, 0.1) is 5.41 Å². The number of benzene rings is 1. The van der Waals surface area contributed by atoms with E-state index in [0.29, 0.717) is 22.3 Å². The van der Waals surface area contributed by atoms with Gasteiger partial charge in [-0.2, -0.15) is 0 Å². The molecule has 0 bridgehead atoms. The van der Waals surface area contributed by atoms with E-state index in [1.807, 2.05) is 6.26 Å². The molecule has 0 aliphatic carbocycles. The number of hydrogen-bond acceptors (Lipinski definition) is 5. The molecule has 1 aromatic rings. The Morgan fingerprint density at radius 3 is 1.88 bits per heavy atom. The van der Waals surface area contributed by atoms with Gasteiger partial charge in [0.15, 0.2) is 11.5 Å². The van der Waals surface area contributed by atoms with Gasteiger partial charge >= 0.3 is 0 Å². The molecule has 0 aromatic heterocycles. The Kier molecular flexibility index (Phi) is 4.49. The minimum absolute atomic E-state index is 0.458. The number of methoxy groups -OCH3 is 3. The first-order chi connectivity index (χ1) is 7.67. The van der Waals surface area contributed by atoms with E-state index in [2.05, 4.69) is 0 Å². The molecule has 0 saturated carbocycles. The van der Waals surface area contributed by atoms with Gasteiger partial charge in [-0.1, -0.05) is 0 Å². The molecule has 0 fully saturated rings. The summed E-state index contributed by atoms with van der Waals surface area (Å²) in [5.74, 6) is 1.67. The SMILES string of the molecule is COc1cc(C(=N)SC)cc(OC)c1OC. The van der Waals surface area contributed by atoms with Crippen LogP contribution < -0.4 is 14.2 Å². The van der Waals surface area contributed by atoms with Gasteiger partial charge < -0.3 is 14.2 Å². The number of rotatable bonds is 4. The van der Waals surface area contributed by atoms with Crippen molar-refractivity contribution < 1.29 is 14.2 Å². The average Bonchev–Trinajstić information content (AvgIpc) is 2.35. The zero-order valence-electron chi connectivity index (χ0n) is 9.79. The van der Waals surface area contributed by atoms with E-state index < -0.39 is 0 Å². The highest BCUT2D eigenvalue weighted by molar-refractivity contribution is 8.13. The second kappa shape index (κ2) is 5.65. The van der Waals surface area contributed by atoms with E-state index in [-0.39, 0.29) is 0 Å². The Morgan fingerprint density at radius 1 is 1.06 bits per heavy atom. The van der Waals surface area contributed by atoms with Crippen LogP contribution in [0.2, 0.25) is 0 Å². The van der Waals surface area contributed by atoms with Crippen LogP contribution in [0.5, 0.6) is 17.2 Å². The normalized spacial score (nSPS) is 9.75. The molecule has 4 nitrogen and oxygen atoms in total. The van der Waals surface area contributed by atoms with Gasteiger partial charge in [0.25, 0.3) is 0 Å². The summed E-state index contributed by atoms with van der Waals surface area (Å²) >= 11 is 1.36. The van der Waals surface area contributed by atoms with Crippen LogP contribution in [0.25, 0.3) is 0 Å². The lowest BCUT2D eigenvalue weighted by Crippen LogP contribution is -1.99. The number of hydrogen-bond donors (Lipinski definition) is 1. The second-order valence-corrected chi connectivity index (χ2v) is 3.76. The van der Waals surface area contributed by atoms with Crippen LogP contribution in [0.1, 0.15) is 5.56 Å². The molecule has 1 rings (SSSR count). The van der Waals surface area contributed by atoms with E-state index in [1.54, 1.807) is 33.5 Å². The van der Waals surface area contributed by atoms with E-state index in [9.17, 15) is 0 Å². The van der Waals surface area contributed by atoms with E-state index >= 15 is 0 Å². The molecule has 0 aliphatic rings. The molecule has 16 heavy (non-hydrogen) atoms. The van der Waals surface area contributed by atoms with E-state index in [1.165, 1.54) is 11.8 Å². The van der Waals surface area contributed by atoms with Crippen LogP contribution in [0.3, 0.4) is 0 Å². The fourth-order valence-corrected chi connectivity index (χ4v) is 1.68. The molecular formula is C11H15NO3S. The van der Waals surface area contributed by atoms with Gasteiger partial charge in [0.2, 0.25) is 5.75 Å². The summed E-state index contributed by atoms with van der Waals surface area (Å²) in [4.78, 5) is 0. The van der Waals surface area contributed by atoms with Crippen LogP contribution in [0.15, 0.2) is 12.1 Å². The fourth-order valence-electron chi connectivity index (χ4n) is 1.33. The van der Waals surface area contributed by atoms with E-state index in [4.69, 9.17) is 19.6 Å². The fraction of sp³-hybridized carbons (Fsp3) is 0.364. The predicted molar refractivity (Wildman–Crippen MR) is 66.4 cm³/mol. The number of ether oxygens (including phenoxy) is 3. The van der Waals surface area contributed by atoms with Gasteiger partial charge in [-0.05, 0) is 18.4 Å². The van der Waals surface area contributed by atoms with Crippen LogP contribution in [0.4, 0.5) is 0 Å². The Labute approximate surface area is 99.4 Å². The van der Waals surface area contributed by atoms with Crippen molar-refractivity contribution in [2.75, 3.05) is 27.6 Å². The Bertz CT molecular complexity index is 368. The molecule has 5 heteroatoms. The molecule has 0 unspecified atom stereocenters. The molecule has 0 saturated heterocycles. The van der Waals surface area contributed by atoms with Crippen molar-refractivity contribution in [2.45, 2.75) is 0 Å². The van der Waals surface area contributed by atoms with Crippen LogP contribution in [-0.4, -0.2) is 32.6 Å². The smallest absolute Gasteiger partial charge is 0.203 e. The maximum absolute atomic E-state index is 7.76. The highest BCUT2D eigenvalue weighted by atomic mass is 32.2. The molecule has 0 amide bonds. The lowest BCUT2D eigenvalue weighted by molar-refractivity contribution is 0.324. The maximum Gasteiger partial charge on any atom is 0.203 e. The molecule has 0 heterocycles. The summed E-state index contributed by atoms with van der Waals surface area (Å²) in [5.41, 5.74) is 0.752. The summed E-state index contributed by atoms with van der Waals surface area (Å²) in [6, 6.07) is 3.53. The zero-order chi connectivity index (χ0) is 12.1. The molecular weight excluding hydrogens is 226 g/mol. The quantitative estimate of drug-likeness (QED) is 0.649. The molecule has 1 N–H and O–H groups in total. The Balaban J connectivity index is 3.31. The van der Waals surface area contributed by atoms with Crippen LogP contribution in [-0.2, 0) is 0 Å².